The van der Waals surface area contributed by atoms with Crippen molar-refractivity contribution in [3.8, 4) is 11.5 Å². The van der Waals surface area contributed by atoms with Crippen LogP contribution >= 0.6 is 0 Å². The van der Waals surface area contributed by atoms with Crippen LogP contribution in [-0.2, 0) is 9.59 Å². The summed E-state index contributed by atoms with van der Waals surface area (Å²) in [7, 11) is 0. The number of aromatic hydroxyl groups is 2. The molecule has 0 atom stereocenters. The maximum absolute atomic E-state index is 11.6. The zero-order chi connectivity index (χ0) is 22.3. The molecule has 4 N–H and O–H groups in total. The van der Waals surface area contributed by atoms with Crippen molar-refractivity contribution in [3.63, 3.8) is 0 Å². The Labute approximate surface area is 166 Å². The van der Waals surface area contributed by atoms with Gasteiger partial charge in [0.25, 0.3) is 11.4 Å². The van der Waals surface area contributed by atoms with E-state index in [2.05, 4.69) is 10.2 Å². The van der Waals surface area contributed by atoms with Crippen molar-refractivity contribution in [2.75, 3.05) is 0 Å². The lowest BCUT2D eigenvalue weighted by Crippen LogP contribution is -2.35. The van der Waals surface area contributed by atoms with Gasteiger partial charge in [0.15, 0.2) is 0 Å². The summed E-state index contributed by atoms with van der Waals surface area (Å²) in [6.45, 7) is 0. The maximum Gasteiger partial charge on any atom is 0.331 e. The molecule has 30 heavy (non-hydrogen) atoms. The first-order chi connectivity index (χ1) is 14.2. The van der Waals surface area contributed by atoms with Crippen LogP contribution in [0.4, 0.5) is 11.4 Å². The van der Waals surface area contributed by atoms with Crippen molar-refractivity contribution < 1.29 is 29.6 Å². The standard InChI is InChI=1S/C16H12N6O8/c23-13-3-1-11(21(27)28)5-9(13)7-17-19-15(25)16(26)20-18-8-10-6-12(22(29)30)2-4-14(10)24/h1-8,23-24H,(H,19,25)(H,20,26)/b17-7+,18-8+. The van der Waals surface area contributed by atoms with Gasteiger partial charge in [0.05, 0.1) is 22.3 Å². The minimum Gasteiger partial charge on any atom is -0.507 e. The van der Waals surface area contributed by atoms with Gasteiger partial charge in [0.1, 0.15) is 11.5 Å². The molecule has 0 unspecified atom stereocenters. The second-order valence-corrected chi connectivity index (χ2v) is 5.40. The van der Waals surface area contributed by atoms with Gasteiger partial charge >= 0.3 is 11.8 Å². The summed E-state index contributed by atoms with van der Waals surface area (Å²) in [6, 6.07) is 6.26. The summed E-state index contributed by atoms with van der Waals surface area (Å²) in [4.78, 5) is 43.3. The summed E-state index contributed by atoms with van der Waals surface area (Å²) in [5.41, 5.74) is 2.83. The molecule has 0 bridgehead atoms. The number of carbonyl (C=O) groups is 2. The monoisotopic (exact) mass is 416 g/mol. The van der Waals surface area contributed by atoms with Crippen molar-refractivity contribution in [1.29, 1.82) is 0 Å². The number of hydrogen-bond donors (Lipinski definition) is 4. The molecule has 2 aromatic rings. The molecular weight excluding hydrogens is 404 g/mol. The zero-order valence-corrected chi connectivity index (χ0v) is 14.8. The Morgan fingerprint density at radius 1 is 0.800 bits per heavy atom. The molecule has 2 aromatic carbocycles. The van der Waals surface area contributed by atoms with E-state index in [1.54, 1.807) is 0 Å². The van der Waals surface area contributed by atoms with Gasteiger partial charge in [0, 0.05) is 35.4 Å². The number of carbonyl (C=O) groups excluding carboxylic acids is 2. The van der Waals surface area contributed by atoms with Crippen LogP contribution in [0.25, 0.3) is 0 Å². The van der Waals surface area contributed by atoms with E-state index in [-0.39, 0.29) is 34.0 Å². The topological polar surface area (TPSA) is 210 Å². The lowest BCUT2D eigenvalue weighted by atomic mass is 10.2. The molecule has 0 aromatic heterocycles. The molecule has 0 spiro atoms. The molecular formula is C16H12N6O8. The smallest absolute Gasteiger partial charge is 0.331 e. The lowest BCUT2D eigenvalue weighted by Gasteiger charge is -2.01. The normalized spacial score (nSPS) is 10.8. The fourth-order valence-electron chi connectivity index (χ4n) is 1.94. The van der Waals surface area contributed by atoms with E-state index < -0.39 is 21.7 Å². The zero-order valence-electron chi connectivity index (χ0n) is 14.8. The molecule has 0 saturated carbocycles. The third-order valence-electron chi connectivity index (χ3n) is 3.39. The maximum atomic E-state index is 11.6. The number of hydrazone groups is 2. The number of non-ortho nitro benzene ring substituents is 2. The number of amides is 2. The van der Waals surface area contributed by atoms with Crippen molar-refractivity contribution in [2.45, 2.75) is 0 Å². The second-order valence-electron chi connectivity index (χ2n) is 5.40. The fourth-order valence-corrected chi connectivity index (χ4v) is 1.94. The summed E-state index contributed by atoms with van der Waals surface area (Å²) >= 11 is 0. The van der Waals surface area contributed by atoms with Gasteiger partial charge in [-0.2, -0.15) is 10.2 Å². The van der Waals surface area contributed by atoms with Gasteiger partial charge in [-0.15, -0.1) is 0 Å². The summed E-state index contributed by atoms with van der Waals surface area (Å²) in [5.74, 6) is -3.22. The molecule has 0 aliphatic carbocycles. The third-order valence-corrected chi connectivity index (χ3v) is 3.39. The molecule has 2 rings (SSSR count). The van der Waals surface area contributed by atoms with Crippen LogP contribution in [0.1, 0.15) is 11.1 Å². The average molecular weight is 416 g/mol. The minimum absolute atomic E-state index is 0.0796. The highest BCUT2D eigenvalue weighted by molar-refractivity contribution is 6.35. The van der Waals surface area contributed by atoms with Crippen LogP contribution < -0.4 is 10.9 Å². The Kier molecular flexibility index (Phi) is 6.68. The molecule has 0 radical (unpaired) electrons. The van der Waals surface area contributed by atoms with E-state index in [0.29, 0.717) is 0 Å². The molecule has 154 valence electrons. The number of nitro groups is 2. The van der Waals surface area contributed by atoms with Gasteiger partial charge in [-0.1, -0.05) is 0 Å². The van der Waals surface area contributed by atoms with Crippen LogP contribution in [0.3, 0.4) is 0 Å². The number of benzene rings is 2. The number of hydrogen-bond acceptors (Lipinski definition) is 10. The first-order valence-electron chi connectivity index (χ1n) is 7.80. The summed E-state index contributed by atoms with van der Waals surface area (Å²) in [5, 5.41) is 47.4. The Morgan fingerprint density at radius 3 is 1.50 bits per heavy atom. The number of nitrogens with zero attached hydrogens (tertiary/aromatic N) is 4. The summed E-state index contributed by atoms with van der Waals surface area (Å²) in [6.07, 6.45) is 1.77. The highest BCUT2D eigenvalue weighted by Crippen LogP contribution is 2.22. The molecule has 14 nitrogen and oxygen atoms in total. The van der Waals surface area contributed by atoms with E-state index in [9.17, 15) is 40.0 Å². The van der Waals surface area contributed by atoms with Crippen LogP contribution in [-0.4, -0.2) is 44.3 Å². The number of phenols is 2. The van der Waals surface area contributed by atoms with Crippen LogP contribution in [0.5, 0.6) is 11.5 Å². The largest absolute Gasteiger partial charge is 0.507 e. The van der Waals surface area contributed by atoms with Gasteiger partial charge in [-0.25, -0.2) is 10.9 Å². The quantitative estimate of drug-likeness (QED) is 0.225. The van der Waals surface area contributed by atoms with Crippen LogP contribution in [0, 0.1) is 20.2 Å². The number of phenolic OH excluding ortho intramolecular Hbond substituents is 2. The Morgan fingerprint density at radius 2 is 1.17 bits per heavy atom. The Bertz CT molecular complexity index is 996. The van der Waals surface area contributed by atoms with Crippen LogP contribution in [0.15, 0.2) is 46.6 Å². The van der Waals surface area contributed by atoms with E-state index in [1.165, 1.54) is 0 Å². The predicted molar refractivity (Wildman–Crippen MR) is 101 cm³/mol. The molecule has 0 fully saturated rings. The van der Waals surface area contributed by atoms with Crippen molar-refractivity contribution in [2.24, 2.45) is 10.2 Å². The molecule has 0 aliphatic heterocycles. The summed E-state index contributed by atoms with van der Waals surface area (Å²) < 4.78 is 0. The third kappa shape index (κ3) is 5.56. The van der Waals surface area contributed by atoms with Gasteiger partial charge in [-0.05, 0) is 12.1 Å². The Balaban J connectivity index is 1.97. The second kappa shape index (κ2) is 9.36. The van der Waals surface area contributed by atoms with Gasteiger partial charge < -0.3 is 10.2 Å². The molecule has 2 amide bonds. The Hall–Kier alpha value is -4.88. The molecule has 0 aliphatic rings. The predicted octanol–water partition coefficient (Wildman–Crippen LogP) is 0.515. The van der Waals surface area contributed by atoms with E-state index in [0.717, 1.165) is 48.8 Å². The van der Waals surface area contributed by atoms with Crippen molar-refractivity contribution in [1.82, 2.24) is 10.9 Å². The van der Waals surface area contributed by atoms with Gasteiger partial charge in [-0.3, -0.25) is 29.8 Å². The van der Waals surface area contributed by atoms with E-state index in [1.807, 2.05) is 10.9 Å². The highest BCUT2D eigenvalue weighted by atomic mass is 16.6. The first kappa shape index (κ1) is 21.4. The first-order valence-corrected chi connectivity index (χ1v) is 7.80. The average Bonchev–Trinajstić information content (AvgIpc) is 2.70. The fraction of sp³-hybridized carbons (Fsp3) is 0. The number of nitro benzene ring substituents is 2. The van der Waals surface area contributed by atoms with E-state index >= 15 is 0 Å². The van der Waals surface area contributed by atoms with Crippen molar-refractivity contribution in [3.05, 3.63) is 67.8 Å². The number of nitrogens with one attached hydrogen (secondary N) is 2. The lowest BCUT2D eigenvalue weighted by molar-refractivity contribution is -0.385. The molecule has 0 heterocycles. The van der Waals surface area contributed by atoms with Crippen molar-refractivity contribution >= 4 is 35.6 Å². The van der Waals surface area contributed by atoms with Gasteiger partial charge in [0.2, 0.25) is 0 Å². The molecule has 0 saturated heterocycles. The van der Waals surface area contributed by atoms with E-state index in [4.69, 9.17) is 0 Å². The molecule has 14 heteroatoms. The number of rotatable bonds is 6. The minimum atomic E-state index is -1.27. The highest BCUT2D eigenvalue weighted by Gasteiger charge is 2.13. The SMILES string of the molecule is O=C(N/N=C/c1cc([N+](=O)[O-])ccc1O)C(=O)N/N=C/c1cc([N+](=O)[O-])ccc1O. The van der Waals surface area contributed by atoms with Crippen LogP contribution in [0.2, 0.25) is 0 Å².